The molecule has 4 rings (SSSR count). The number of hydrogen-bond acceptors (Lipinski definition) is 6. The van der Waals surface area contributed by atoms with Crippen molar-refractivity contribution in [1.29, 1.82) is 5.26 Å². The average molecular weight is 364 g/mol. The molecule has 0 spiro atoms. The molecule has 3 aromatic rings. The molecule has 130 valence electrons. The predicted molar refractivity (Wildman–Crippen MR) is 101 cm³/mol. The first-order valence-corrected chi connectivity index (χ1v) is 9.21. The van der Waals surface area contributed by atoms with Gasteiger partial charge < -0.3 is 4.90 Å². The molecule has 1 aromatic heterocycles. The van der Waals surface area contributed by atoms with Crippen molar-refractivity contribution in [1.82, 2.24) is 4.98 Å². The number of benzene rings is 2. The lowest BCUT2D eigenvalue weighted by Gasteiger charge is -2.27. The van der Waals surface area contributed by atoms with Gasteiger partial charge in [-0.2, -0.15) is 5.26 Å². The van der Waals surface area contributed by atoms with Gasteiger partial charge in [-0.15, -0.1) is 11.3 Å². The van der Waals surface area contributed by atoms with Gasteiger partial charge in [0.25, 0.3) is 5.69 Å². The molecule has 0 radical (unpaired) electrons. The number of thiazole rings is 1. The van der Waals surface area contributed by atoms with Crippen LogP contribution in [-0.4, -0.2) is 16.5 Å². The van der Waals surface area contributed by atoms with Crippen LogP contribution in [-0.2, 0) is 0 Å². The van der Waals surface area contributed by atoms with E-state index in [1.807, 2.05) is 24.3 Å². The van der Waals surface area contributed by atoms with Gasteiger partial charge in [-0.1, -0.05) is 12.1 Å². The van der Waals surface area contributed by atoms with Crippen LogP contribution in [0.1, 0.15) is 35.0 Å². The third-order valence-corrected chi connectivity index (χ3v) is 5.97. The van der Waals surface area contributed by atoms with Crippen LogP contribution in [0.3, 0.4) is 0 Å². The van der Waals surface area contributed by atoms with Gasteiger partial charge in [0, 0.05) is 18.3 Å². The summed E-state index contributed by atoms with van der Waals surface area (Å²) >= 11 is 1.67. The molecule has 26 heavy (non-hydrogen) atoms. The van der Waals surface area contributed by atoms with Crippen molar-refractivity contribution in [3.63, 3.8) is 0 Å². The average Bonchev–Trinajstić information content (AvgIpc) is 3.28. The molecule has 0 bridgehead atoms. The van der Waals surface area contributed by atoms with Crippen molar-refractivity contribution in [3.05, 3.63) is 62.6 Å². The number of rotatable bonds is 3. The van der Waals surface area contributed by atoms with E-state index in [4.69, 9.17) is 4.98 Å². The Hall–Kier alpha value is -2.98. The monoisotopic (exact) mass is 364 g/mol. The highest BCUT2D eigenvalue weighted by Gasteiger charge is 2.31. The van der Waals surface area contributed by atoms with E-state index >= 15 is 0 Å². The minimum atomic E-state index is -0.414. The number of hydrogen-bond donors (Lipinski definition) is 0. The Morgan fingerprint density at radius 3 is 2.92 bits per heavy atom. The van der Waals surface area contributed by atoms with Gasteiger partial charge in [0.2, 0.25) is 0 Å². The van der Waals surface area contributed by atoms with E-state index in [2.05, 4.69) is 11.0 Å². The zero-order chi connectivity index (χ0) is 18.3. The lowest BCUT2D eigenvalue weighted by Crippen LogP contribution is -2.23. The fourth-order valence-electron chi connectivity index (χ4n) is 3.58. The lowest BCUT2D eigenvalue weighted by atomic mass is 10.1. The number of aromatic nitrogens is 1. The Labute approximate surface area is 154 Å². The molecule has 0 saturated carbocycles. The first-order valence-electron chi connectivity index (χ1n) is 8.39. The summed E-state index contributed by atoms with van der Waals surface area (Å²) in [7, 11) is 0. The summed E-state index contributed by atoms with van der Waals surface area (Å²) in [6.07, 6.45) is 1.94. The van der Waals surface area contributed by atoms with Crippen LogP contribution in [0.15, 0.2) is 36.4 Å². The van der Waals surface area contributed by atoms with Crippen LogP contribution in [0.4, 0.5) is 11.4 Å². The van der Waals surface area contributed by atoms with Gasteiger partial charge in [-0.25, -0.2) is 4.98 Å². The third kappa shape index (κ3) is 2.68. The molecular weight excluding hydrogens is 348 g/mol. The second-order valence-corrected chi connectivity index (χ2v) is 7.44. The van der Waals surface area contributed by atoms with Crippen molar-refractivity contribution in [2.24, 2.45) is 0 Å². The second kappa shape index (κ2) is 6.39. The first-order chi connectivity index (χ1) is 12.6. The molecular formula is C19H16N4O2S. The van der Waals surface area contributed by atoms with Gasteiger partial charge in [0.15, 0.2) is 0 Å². The van der Waals surface area contributed by atoms with Gasteiger partial charge in [-0.05, 0) is 38.0 Å². The summed E-state index contributed by atoms with van der Waals surface area (Å²) in [6, 6.07) is 13.3. The summed E-state index contributed by atoms with van der Waals surface area (Å²) in [4.78, 5) is 17.9. The number of nitro groups is 1. The third-order valence-electron chi connectivity index (χ3n) is 4.84. The Bertz CT molecular complexity index is 1020. The van der Waals surface area contributed by atoms with Crippen molar-refractivity contribution >= 4 is 32.9 Å². The maximum atomic E-state index is 11.4. The number of nitro benzene ring substituents is 1. The van der Waals surface area contributed by atoms with E-state index in [9.17, 15) is 15.4 Å². The van der Waals surface area contributed by atoms with E-state index in [1.165, 1.54) is 6.07 Å². The van der Waals surface area contributed by atoms with Crippen molar-refractivity contribution in [2.75, 3.05) is 11.4 Å². The van der Waals surface area contributed by atoms with Crippen LogP contribution < -0.4 is 4.90 Å². The van der Waals surface area contributed by atoms with Gasteiger partial charge in [0.1, 0.15) is 5.01 Å². The fraction of sp³-hybridized carbons (Fsp3) is 0.263. The summed E-state index contributed by atoms with van der Waals surface area (Å²) in [5.74, 6) is 0. The predicted octanol–water partition coefficient (Wildman–Crippen LogP) is 4.73. The van der Waals surface area contributed by atoms with E-state index < -0.39 is 4.92 Å². The van der Waals surface area contributed by atoms with Crippen LogP contribution in [0.2, 0.25) is 0 Å². The van der Waals surface area contributed by atoms with E-state index in [-0.39, 0.29) is 11.7 Å². The van der Waals surface area contributed by atoms with Crippen LogP contribution >= 0.6 is 11.3 Å². The molecule has 1 atom stereocenters. The smallest absolute Gasteiger partial charge is 0.275 e. The Balaban J connectivity index is 1.80. The molecule has 1 aliphatic heterocycles. The number of nitrogens with zero attached hydrogens (tertiary/aromatic N) is 4. The molecule has 6 nitrogen and oxygen atoms in total. The van der Waals surface area contributed by atoms with E-state index in [0.29, 0.717) is 11.1 Å². The minimum Gasteiger partial charge on any atom is -0.362 e. The number of fused-ring (bicyclic) bond motifs is 1. The fourth-order valence-corrected chi connectivity index (χ4v) is 4.70. The van der Waals surface area contributed by atoms with Crippen LogP contribution in [0, 0.1) is 28.4 Å². The highest BCUT2D eigenvalue weighted by molar-refractivity contribution is 7.18. The summed E-state index contributed by atoms with van der Waals surface area (Å²) in [6.45, 7) is 2.55. The second-order valence-electron chi connectivity index (χ2n) is 6.38. The maximum absolute atomic E-state index is 11.4. The Kier molecular flexibility index (Phi) is 4.05. The number of para-hydroxylation sites is 1. The highest BCUT2D eigenvalue weighted by Crippen LogP contribution is 2.42. The quantitative estimate of drug-likeness (QED) is 0.496. The van der Waals surface area contributed by atoms with Crippen molar-refractivity contribution in [3.8, 4) is 6.07 Å². The molecule has 7 heteroatoms. The standard InChI is InChI=1S/C19H16N4O2S/c1-12-16(9-13(11-20)10-17(12)23(24)25)22-8-4-6-15(22)19-21-14-5-2-3-7-18(14)26-19/h2-3,5,7,9-10,15H,4,6,8H2,1H3. The molecule has 0 aliphatic carbocycles. The first kappa shape index (κ1) is 16.5. The Morgan fingerprint density at radius 2 is 2.19 bits per heavy atom. The maximum Gasteiger partial charge on any atom is 0.275 e. The van der Waals surface area contributed by atoms with Crippen LogP contribution in [0.25, 0.3) is 10.2 Å². The molecule has 2 aromatic carbocycles. The van der Waals surface area contributed by atoms with Crippen molar-refractivity contribution < 1.29 is 4.92 Å². The van der Waals surface area contributed by atoms with Crippen molar-refractivity contribution in [2.45, 2.75) is 25.8 Å². The molecule has 0 N–H and O–H groups in total. The van der Waals surface area contributed by atoms with Gasteiger partial charge >= 0.3 is 0 Å². The zero-order valence-electron chi connectivity index (χ0n) is 14.2. The summed E-state index contributed by atoms with van der Waals surface area (Å²) < 4.78 is 1.14. The lowest BCUT2D eigenvalue weighted by molar-refractivity contribution is -0.385. The van der Waals surface area contributed by atoms with Crippen LogP contribution in [0.5, 0.6) is 0 Å². The highest BCUT2D eigenvalue weighted by atomic mass is 32.1. The molecule has 1 fully saturated rings. The topological polar surface area (TPSA) is 83.1 Å². The SMILES string of the molecule is Cc1c(N2CCCC2c2nc3ccccc3s2)cc(C#N)cc1[N+](=O)[O-]. The van der Waals surface area contributed by atoms with E-state index in [1.54, 1.807) is 24.3 Å². The molecule has 1 saturated heterocycles. The van der Waals surface area contributed by atoms with Gasteiger partial charge in [-0.3, -0.25) is 10.1 Å². The molecule has 0 amide bonds. The zero-order valence-corrected chi connectivity index (χ0v) is 15.0. The summed E-state index contributed by atoms with van der Waals surface area (Å²) in [5.41, 5.74) is 2.65. The molecule has 1 unspecified atom stereocenters. The van der Waals surface area contributed by atoms with Gasteiger partial charge in [0.05, 0.1) is 38.4 Å². The number of anilines is 1. The largest absolute Gasteiger partial charge is 0.362 e. The van der Waals surface area contributed by atoms with E-state index in [0.717, 1.165) is 40.3 Å². The Morgan fingerprint density at radius 1 is 1.38 bits per heavy atom. The molecule has 2 heterocycles. The summed E-state index contributed by atoms with van der Waals surface area (Å²) in [5, 5.41) is 21.7. The normalized spacial score (nSPS) is 16.8. The molecule has 1 aliphatic rings. The number of nitriles is 1. The minimum absolute atomic E-state index is 0.00556.